The Kier molecular flexibility index (Phi) is 12.6. The quantitative estimate of drug-likeness (QED) is 0.0744. The van der Waals surface area contributed by atoms with Crippen molar-refractivity contribution >= 4 is 58.4 Å². The van der Waals surface area contributed by atoms with Crippen molar-refractivity contribution in [2.24, 2.45) is 0 Å². The summed E-state index contributed by atoms with van der Waals surface area (Å²) in [5.41, 5.74) is 5.57. The second-order valence-electron chi connectivity index (χ2n) is 14.5. The lowest BCUT2D eigenvalue weighted by Crippen LogP contribution is -2.60. The molecule has 0 spiro atoms. The summed E-state index contributed by atoms with van der Waals surface area (Å²) in [6, 6.07) is 19.6. The fourth-order valence-corrected chi connectivity index (χ4v) is 8.54. The summed E-state index contributed by atoms with van der Waals surface area (Å²) in [4.78, 5) is 51.7. The standard InChI is InChI=1S/C23H22N8OS.C18H26N4O2/c1-2-33-30-14-23(15-30,8-9-24)31-12-17(11-26-31)20-19-7-10-25-21(19)29-22(28-20)27-18-5-3-16(13-32)4-6-18;1-19-7-8-21-9-11-22(12-10-21)15-4-2-3-14(13-15)16-5-6-17(23)20-18(16)24/h3-7,10-13H,2,8,14-15H2,1H3,(H2,25,27,28,29);2-4,13,16,19H,5-12H2,1H3,(H,20,23,24). The highest BCUT2D eigenvalue weighted by molar-refractivity contribution is 7.97. The molecule has 3 saturated heterocycles. The van der Waals surface area contributed by atoms with Gasteiger partial charge in [0.15, 0.2) is 0 Å². The molecule has 4 N–H and O–H groups in total. The SMILES string of the molecule is CCSN1CC(CC#N)(n2cc(-c3nc(Nc4ccc(C=O)cc4)nc4[nH]ccc34)cn2)C1.CNCCN1CCN(c2cccc(C3CCC(=O)NC3=O)c2)CC1. The molecule has 2 aromatic carbocycles. The summed E-state index contributed by atoms with van der Waals surface area (Å²) >= 11 is 1.78. The topological polar surface area (TPSA) is 180 Å². The number of nitrogens with zero attached hydrogens (tertiary/aromatic N) is 8. The Morgan fingerprint density at radius 1 is 1.07 bits per heavy atom. The summed E-state index contributed by atoms with van der Waals surface area (Å²) in [5.74, 6) is 0.907. The minimum atomic E-state index is -0.319. The van der Waals surface area contributed by atoms with Crippen LogP contribution in [0.1, 0.15) is 48.0 Å². The number of hydrogen-bond donors (Lipinski definition) is 4. The summed E-state index contributed by atoms with van der Waals surface area (Å²) < 4.78 is 4.19. The average molecular weight is 789 g/mol. The number of likely N-dealkylation sites (N-methyl/N-ethyl adjacent to an activating group) is 1. The maximum atomic E-state index is 12.1. The number of carbonyl (C=O) groups excluding carboxylic acids is 3. The zero-order chi connectivity index (χ0) is 39.8. The number of benzene rings is 2. The number of fused-ring (bicyclic) bond motifs is 1. The van der Waals surface area contributed by atoms with Crippen molar-refractivity contribution in [1.29, 1.82) is 5.26 Å². The summed E-state index contributed by atoms with van der Waals surface area (Å²) in [5, 5.41) is 23.8. The van der Waals surface area contributed by atoms with Crippen LogP contribution in [0.25, 0.3) is 22.3 Å². The average Bonchev–Trinajstić information content (AvgIpc) is 3.91. The van der Waals surface area contributed by atoms with E-state index in [9.17, 15) is 19.6 Å². The molecule has 16 heteroatoms. The third-order valence-corrected chi connectivity index (χ3v) is 11.5. The molecule has 296 valence electrons. The molecule has 1 unspecified atom stereocenters. The molecule has 6 heterocycles. The highest BCUT2D eigenvalue weighted by Crippen LogP contribution is 2.38. The van der Waals surface area contributed by atoms with Crippen LogP contribution < -0.4 is 20.9 Å². The number of nitrogens with one attached hydrogen (secondary N) is 4. The highest BCUT2D eigenvalue weighted by Gasteiger charge is 2.45. The smallest absolute Gasteiger partial charge is 0.234 e. The van der Waals surface area contributed by atoms with Crippen molar-refractivity contribution in [3.63, 3.8) is 0 Å². The molecular formula is C41H48N12O3S. The highest BCUT2D eigenvalue weighted by atomic mass is 32.2. The van der Waals surface area contributed by atoms with E-state index in [1.807, 2.05) is 54.5 Å². The van der Waals surface area contributed by atoms with Crippen LogP contribution in [0.5, 0.6) is 0 Å². The Hall–Kier alpha value is -5.60. The first-order valence-electron chi connectivity index (χ1n) is 19.3. The van der Waals surface area contributed by atoms with Crippen LogP contribution in [-0.2, 0) is 15.1 Å². The van der Waals surface area contributed by atoms with Gasteiger partial charge in [0, 0.05) is 105 Å². The summed E-state index contributed by atoms with van der Waals surface area (Å²) in [6.07, 6.45) is 7.84. The van der Waals surface area contributed by atoms with E-state index >= 15 is 0 Å². The van der Waals surface area contributed by atoms with Crippen LogP contribution in [-0.4, -0.2) is 117 Å². The van der Waals surface area contributed by atoms with Crippen molar-refractivity contribution in [2.45, 2.75) is 37.6 Å². The van der Waals surface area contributed by atoms with Gasteiger partial charge >= 0.3 is 0 Å². The Bertz CT molecular complexity index is 2220. The second-order valence-corrected chi connectivity index (χ2v) is 15.8. The molecule has 0 saturated carbocycles. The number of aromatic amines is 1. The molecule has 3 aromatic heterocycles. The number of rotatable bonds is 13. The third kappa shape index (κ3) is 9.18. The van der Waals surface area contributed by atoms with Gasteiger partial charge in [-0.1, -0.05) is 31.0 Å². The molecule has 0 radical (unpaired) electrons. The molecule has 3 fully saturated rings. The van der Waals surface area contributed by atoms with Crippen molar-refractivity contribution in [3.05, 3.63) is 84.3 Å². The number of amides is 2. The lowest BCUT2D eigenvalue weighted by atomic mass is 9.89. The van der Waals surface area contributed by atoms with Crippen LogP contribution in [0, 0.1) is 11.3 Å². The number of anilines is 3. The van der Waals surface area contributed by atoms with Crippen LogP contribution in [0.2, 0.25) is 0 Å². The van der Waals surface area contributed by atoms with Crippen molar-refractivity contribution in [2.75, 3.05) is 75.4 Å². The van der Waals surface area contributed by atoms with Gasteiger partial charge < -0.3 is 20.5 Å². The maximum absolute atomic E-state index is 12.1. The number of aromatic nitrogens is 5. The number of aldehydes is 1. The van der Waals surface area contributed by atoms with Crippen LogP contribution in [0.15, 0.2) is 73.2 Å². The number of nitriles is 1. The molecule has 5 aromatic rings. The first-order chi connectivity index (χ1) is 27.8. The minimum Gasteiger partial charge on any atom is -0.369 e. The summed E-state index contributed by atoms with van der Waals surface area (Å²) in [6.45, 7) is 9.92. The predicted octanol–water partition coefficient (Wildman–Crippen LogP) is 4.52. The fraction of sp³-hybridized carbons (Fsp3) is 0.390. The molecule has 3 aliphatic rings. The number of H-pyrrole nitrogens is 1. The van der Waals surface area contributed by atoms with E-state index in [-0.39, 0.29) is 23.3 Å². The van der Waals surface area contributed by atoms with Crippen molar-refractivity contribution < 1.29 is 14.4 Å². The van der Waals surface area contributed by atoms with E-state index in [4.69, 9.17) is 4.98 Å². The molecule has 15 nitrogen and oxygen atoms in total. The number of carbonyl (C=O) groups is 3. The molecule has 2 amide bonds. The zero-order valence-electron chi connectivity index (χ0n) is 32.3. The molecule has 8 rings (SSSR count). The minimum absolute atomic E-state index is 0.162. The first kappa shape index (κ1) is 39.6. The predicted molar refractivity (Wildman–Crippen MR) is 222 cm³/mol. The monoisotopic (exact) mass is 788 g/mol. The van der Waals surface area contributed by atoms with Gasteiger partial charge in [0.25, 0.3) is 0 Å². The second kappa shape index (κ2) is 18.1. The van der Waals surface area contributed by atoms with E-state index in [0.29, 0.717) is 36.4 Å². The van der Waals surface area contributed by atoms with Gasteiger partial charge in [-0.15, -0.1) is 0 Å². The van der Waals surface area contributed by atoms with Crippen molar-refractivity contribution in [3.8, 4) is 17.3 Å². The molecule has 1 atom stereocenters. The number of imide groups is 1. The lowest BCUT2D eigenvalue weighted by Gasteiger charge is -2.48. The van der Waals surface area contributed by atoms with Gasteiger partial charge in [-0.25, -0.2) is 9.29 Å². The van der Waals surface area contributed by atoms with Gasteiger partial charge in [0.1, 0.15) is 17.5 Å². The third-order valence-electron chi connectivity index (χ3n) is 10.6. The molecular weight excluding hydrogens is 741 g/mol. The van der Waals surface area contributed by atoms with Crippen LogP contribution in [0.4, 0.5) is 17.3 Å². The lowest BCUT2D eigenvalue weighted by molar-refractivity contribution is -0.134. The van der Waals surface area contributed by atoms with E-state index in [0.717, 1.165) is 92.3 Å². The molecule has 0 bridgehead atoms. The number of piperazine rings is 1. The van der Waals surface area contributed by atoms with E-state index < -0.39 is 0 Å². The Morgan fingerprint density at radius 3 is 2.60 bits per heavy atom. The van der Waals surface area contributed by atoms with Gasteiger partial charge in [-0.05, 0) is 61.5 Å². The Morgan fingerprint density at radius 2 is 1.88 bits per heavy atom. The Labute approximate surface area is 336 Å². The molecule has 0 aliphatic carbocycles. The fourth-order valence-electron chi connectivity index (χ4n) is 7.51. The first-order valence-corrected chi connectivity index (χ1v) is 20.3. The van der Waals surface area contributed by atoms with Crippen molar-refractivity contribution in [1.82, 2.24) is 44.6 Å². The largest absolute Gasteiger partial charge is 0.369 e. The number of piperidine rings is 1. The van der Waals surface area contributed by atoms with E-state index in [1.165, 1.54) is 5.69 Å². The van der Waals surface area contributed by atoms with Gasteiger partial charge in [-0.3, -0.25) is 29.3 Å². The van der Waals surface area contributed by atoms with Crippen LogP contribution in [0.3, 0.4) is 0 Å². The zero-order valence-corrected chi connectivity index (χ0v) is 33.1. The van der Waals surface area contributed by atoms with Crippen LogP contribution >= 0.6 is 11.9 Å². The normalized spacial score (nSPS) is 18.3. The van der Waals surface area contributed by atoms with Gasteiger partial charge in [0.2, 0.25) is 17.8 Å². The van der Waals surface area contributed by atoms with E-state index in [1.54, 1.807) is 30.3 Å². The molecule has 3 aliphatic heterocycles. The number of hydrogen-bond acceptors (Lipinski definition) is 13. The summed E-state index contributed by atoms with van der Waals surface area (Å²) in [7, 11) is 1.98. The van der Waals surface area contributed by atoms with Gasteiger partial charge in [0.05, 0.1) is 30.3 Å². The maximum Gasteiger partial charge on any atom is 0.234 e. The van der Waals surface area contributed by atoms with E-state index in [2.05, 4.69) is 70.2 Å². The molecule has 57 heavy (non-hydrogen) atoms. The Balaban J connectivity index is 0.000000183. The van der Waals surface area contributed by atoms with Gasteiger partial charge in [-0.2, -0.15) is 15.3 Å².